The largest absolute Gasteiger partial charge is 0.330 e. The third-order valence-electron chi connectivity index (χ3n) is 3.03. The van der Waals surface area contributed by atoms with Crippen LogP contribution in [-0.4, -0.2) is 19.9 Å². The molecule has 0 radical (unpaired) electrons. The number of sulfonamides is 1. The van der Waals surface area contributed by atoms with Crippen LogP contribution in [0.2, 0.25) is 0 Å². The fourth-order valence-electron chi connectivity index (χ4n) is 1.97. The standard InChI is InChI=1S/C15H19N3O2S/c1-12-9-14(11-17-10-12)18-21(19,20)15-6-4-13(5-7-15)3-2-8-16/h4-7,9-11,18H,2-3,8,16H2,1H3. The van der Waals surface area contributed by atoms with Crippen LogP contribution in [0.3, 0.4) is 0 Å². The maximum absolute atomic E-state index is 12.3. The second-order valence-electron chi connectivity index (χ2n) is 4.89. The molecular weight excluding hydrogens is 286 g/mol. The average molecular weight is 305 g/mol. The lowest BCUT2D eigenvalue weighted by molar-refractivity contribution is 0.601. The Balaban J connectivity index is 2.15. The maximum atomic E-state index is 12.3. The summed E-state index contributed by atoms with van der Waals surface area (Å²) >= 11 is 0. The summed E-state index contributed by atoms with van der Waals surface area (Å²) in [5, 5.41) is 0. The first-order valence-electron chi connectivity index (χ1n) is 6.75. The molecule has 0 unspecified atom stereocenters. The number of nitrogens with two attached hydrogens (primary N) is 1. The molecule has 0 aliphatic carbocycles. The third kappa shape index (κ3) is 4.27. The van der Waals surface area contributed by atoms with E-state index < -0.39 is 10.0 Å². The van der Waals surface area contributed by atoms with Gasteiger partial charge in [-0.15, -0.1) is 0 Å². The number of hydrogen-bond donors (Lipinski definition) is 2. The van der Waals surface area contributed by atoms with Crippen molar-refractivity contribution in [3.63, 3.8) is 0 Å². The molecule has 6 heteroatoms. The van der Waals surface area contributed by atoms with Crippen LogP contribution in [0.4, 0.5) is 5.69 Å². The number of hydrogen-bond acceptors (Lipinski definition) is 4. The Morgan fingerprint density at radius 3 is 2.52 bits per heavy atom. The first-order valence-corrected chi connectivity index (χ1v) is 8.23. The van der Waals surface area contributed by atoms with Crippen LogP contribution in [0.25, 0.3) is 0 Å². The molecule has 0 saturated heterocycles. The lowest BCUT2D eigenvalue weighted by Crippen LogP contribution is -2.13. The number of aromatic nitrogens is 1. The molecule has 1 aromatic heterocycles. The van der Waals surface area contributed by atoms with E-state index in [4.69, 9.17) is 5.73 Å². The van der Waals surface area contributed by atoms with Crippen LogP contribution >= 0.6 is 0 Å². The lowest BCUT2D eigenvalue weighted by atomic mass is 10.1. The van der Waals surface area contributed by atoms with Gasteiger partial charge in [0.25, 0.3) is 10.0 Å². The summed E-state index contributed by atoms with van der Waals surface area (Å²) in [5.41, 5.74) is 7.90. The van der Waals surface area contributed by atoms with E-state index in [1.165, 1.54) is 6.20 Å². The van der Waals surface area contributed by atoms with E-state index in [9.17, 15) is 8.42 Å². The summed E-state index contributed by atoms with van der Waals surface area (Å²) in [6.07, 6.45) is 4.90. The molecular formula is C15H19N3O2S. The molecule has 0 aliphatic heterocycles. The Labute approximate surface area is 125 Å². The molecule has 0 bridgehead atoms. The van der Waals surface area contributed by atoms with Gasteiger partial charge in [-0.05, 0) is 55.6 Å². The highest BCUT2D eigenvalue weighted by Gasteiger charge is 2.14. The van der Waals surface area contributed by atoms with E-state index in [0.29, 0.717) is 12.2 Å². The number of nitrogens with one attached hydrogen (secondary N) is 1. The van der Waals surface area contributed by atoms with Crippen molar-refractivity contribution in [3.8, 4) is 0 Å². The summed E-state index contributed by atoms with van der Waals surface area (Å²) in [4.78, 5) is 4.21. The molecule has 0 atom stereocenters. The Morgan fingerprint density at radius 2 is 1.90 bits per heavy atom. The quantitative estimate of drug-likeness (QED) is 0.855. The van der Waals surface area contributed by atoms with E-state index in [0.717, 1.165) is 24.0 Å². The summed E-state index contributed by atoms with van der Waals surface area (Å²) in [6, 6.07) is 8.59. The van der Waals surface area contributed by atoms with Gasteiger partial charge in [0.1, 0.15) is 0 Å². The molecule has 0 spiro atoms. The first kappa shape index (κ1) is 15.5. The van der Waals surface area contributed by atoms with E-state index in [-0.39, 0.29) is 4.90 Å². The van der Waals surface area contributed by atoms with E-state index >= 15 is 0 Å². The lowest BCUT2D eigenvalue weighted by Gasteiger charge is -2.09. The second kappa shape index (κ2) is 6.69. The van der Waals surface area contributed by atoms with Crippen LogP contribution < -0.4 is 10.5 Å². The summed E-state index contributed by atoms with van der Waals surface area (Å²) in [6.45, 7) is 2.49. The zero-order chi connectivity index (χ0) is 15.3. The predicted molar refractivity (Wildman–Crippen MR) is 83.6 cm³/mol. The fourth-order valence-corrected chi connectivity index (χ4v) is 3.00. The van der Waals surface area contributed by atoms with Gasteiger partial charge < -0.3 is 5.73 Å². The van der Waals surface area contributed by atoms with Crippen LogP contribution in [0, 0.1) is 6.92 Å². The number of pyridine rings is 1. The highest BCUT2D eigenvalue weighted by Crippen LogP contribution is 2.17. The van der Waals surface area contributed by atoms with Crippen LogP contribution in [0.1, 0.15) is 17.5 Å². The molecule has 0 amide bonds. The first-order chi connectivity index (χ1) is 10.0. The van der Waals surface area contributed by atoms with Crippen LogP contribution in [-0.2, 0) is 16.4 Å². The maximum Gasteiger partial charge on any atom is 0.261 e. The van der Waals surface area contributed by atoms with Gasteiger partial charge in [0.15, 0.2) is 0 Å². The molecule has 1 heterocycles. The van der Waals surface area contributed by atoms with Crippen LogP contribution in [0.15, 0.2) is 47.6 Å². The number of nitrogens with zero attached hydrogens (tertiary/aromatic N) is 1. The summed E-state index contributed by atoms with van der Waals surface area (Å²) in [5.74, 6) is 0. The molecule has 1 aromatic carbocycles. The van der Waals surface area contributed by atoms with E-state index in [2.05, 4.69) is 9.71 Å². The van der Waals surface area contributed by atoms with Crippen molar-refractivity contribution < 1.29 is 8.42 Å². The molecule has 2 rings (SSSR count). The second-order valence-corrected chi connectivity index (χ2v) is 6.58. The average Bonchev–Trinajstić information content (AvgIpc) is 2.45. The molecule has 0 aliphatic rings. The van der Waals surface area contributed by atoms with Crippen molar-refractivity contribution in [1.82, 2.24) is 4.98 Å². The Morgan fingerprint density at radius 1 is 1.19 bits per heavy atom. The van der Waals surface area contributed by atoms with Gasteiger partial charge in [-0.2, -0.15) is 0 Å². The number of benzene rings is 1. The van der Waals surface area contributed by atoms with Crippen molar-refractivity contribution in [2.75, 3.05) is 11.3 Å². The van der Waals surface area contributed by atoms with Gasteiger partial charge in [-0.1, -0.05) is 12.1 Å². The normalized spacial score (nSPS) is 11.3. The topological polar surface area (TPSA) is 85.1 Å². The number of aryl methyl sites for hydroxylation is 2. The highest BCUT2D eigenvalue weighted by molar-refractivity contribution is 7.92. The van der Waals surface area contributed by atoms with Gasteiger partial charge in [0.05, 0.1) is 16.8 Å². The van der Waals surface area contributed by atoms with Gasteiger partial charge in [-0.25, -0.2) is 8.42 Å². The van der Waals surface area contributed by atoms with E-state index in [1.807, 2.05) is 19.1 Å². The molecule has 112 valence electrons. The molecule has 3 N–H and O–H groups in total. The molecule has 0 saturated carbocycles. The van der Waals surface area contributed by atoms with Gasteiger partial charge >= 0.3 is 0 Å². The SMILES string of the molecule is Cc1cncc(NS(=O)(=O)c2ccc(CCCN)cc2)c1. The molecule has 5 nitrogen and oxygen atoms in total. The zero-order valence-electron chi connectivity index (χ0n) is 11.9. The van der Waals surface area contributed by atoms with Gasteiger partial charge in [-0.3, -0.25) is 9.71 Å². The zero-order valence-corrected chi connectivity index (χ0v) is 12.7. The predicted octanol–water partition coefficient (Wildman–Crippen LogP) is 2.08. The van der Waals surface area contributed by atoms with E-state index in [1.54, 1.807) is 24.4 Å². The highest BCUT2D eigenvalue weighted by atomic mass is 32.2. The molecule has 21 heavy (non-hydrogen) atoms. The molecule has 2 aromatic rings. The number of anilines is 1. The smallest absolute Gasteiger partial charge is 0.261 e. The van der Waals surface area contributed by atoms with Crippen LogP contribution in [0.5, 0.6) is 0 Å². The fraction of sp³-hybridized carbons (Fsp3) is 0.267. The van der Waals surface area contributed by atoms with Crippen molar-refractivity contribution in [1.29, 1.82) is 0 Å². The van der Waals surface area contributed by atoms with Crippen molar-refractivity contribution in [2.45, 2.75) is 24.7 Å². The summed E-state index contributed by atoms with van der Waals surface area (Å²) < 4.78 is 27.1. The Kier molecular flexibility index (Phi) is 4.93. The molecule has 0 fully saturated rings. The Bertz CT molecular complexity index is 697. The third-order valence-corrected chi connectivity index (χ3v) is 4.43. The van der Waals surface area contributed by atoms with Crippen molar-refractivity contribution >= 4 is 15.7 Å². The minimum absolute atomic E-state index is 0.237. The minimum Gasteiger partial charge on any atom is -0.330 e. The Hall–Kier alpha value is -1.92. The minimum atomic E-state index is -3.58. The number of rotatable bonds is 6. The van der Waals surface area contributed by atoms with Crippen molar-refractivity contribution in [3.05, 3.63) is 53.9 Å². The monoisotopic (exact) mass is 305 g/mol. The van der Waals surface area contributed by atoms with Crippen molar-refractivity contribution in [2.24, 2.45) is 5.73 Å². The summed E-state index contributed by atoms with van der Waals surface area (Å²) in [7, 11) is -3.58. The van der Waals surface area contributed by atoms with Gasteiger partial charge in [0.2, 0.25) is 0 Å². The van der Waals surface area contributed by atoms with Gasteiger partial charge in [0, 0.05) is 6.20 Å².